The maximum atomic E-state index is 12.1. The van der Waals surface area contributed by atoms with Crippen molar-refractivity contribution in [1.82, 2.24) is 0 Å². The molecule has 0 amide bonds. The second kappa shape index (κ2) is 7.70. The highest BCUT2D eigenvalue weighted by molar-refractivity contribution is 5.20. The molecule has 5 rings (SSSR count). The van der Waals surface area contributed by atoms with E-state index in [1.54, 1.807) is 0 Å². The standard InChI is InChI=1S/C31H54O3/c1-26(2)12-14-31(16-17-32)15-13-30(7)25(20(31)19-26)21(33)18-23-28(5)10-9-24(34)27(3,4)22(28)8-11-29(23,30)6/h20-25,32-34H,8-19H2,1-7H3/t20-,21+,22-,23+,24-,25-,28-,29+,30+,31+/m0/s1. The first-order valence-corrected chi connectivity index (χ1v) is 14.6. The first-order valence-electron chi connectivity index (χ1n) is 14.6. The van der Waals surface area contributed by atoms with E-state index >= 15 is 0 Å². The number of hydrogen-bond acceptors (Lipinski definition) is 3. The fourth-order valence-corrected chi connectivity index (χ4v) is 11.8. The molecule has 0 heterocycles. The van der Waals surface area contributed by atoms with E-state index in [9.17, 15) is 15.3 Å². The Balaban J connectivity index is 1.56. The highest BCUT2D eigenvalue weighted by atomic mass is 16.3. The first kappa shape index (κ1) is 25.5. The normalized spacial score (nSPS) is 55.9. The Morgan fingerprint density at radius 1 is 0.735 bits per heavy atom. The first-order chi connectivity index (χ1) is 15.7. The molecule has 3 heteroatoms. The van der Waals surface area contributed by atoms with Crippen LogP contribution in [-0.2, 0) is 0 Å². The highest BCUT2D eigenvalue weighted by Gasteiger charge is 2.71. The van der Waals surface area contributed by atoms with Crippen LogP contribution in [0.2, 0.25) is 0 Å². The van der Waals surface area contributed by atoms with Gasteiger partial charge in [0.05, 0.1) is 12.2 Å². The molecular formula is C31H54O3. The van der Waals surface area contributed by atoms with Crippen LogP contribution in [0.5, 0.6) is 0 Å². The Bertz CT molecular complexity index is 804. The van der Waals surface area contributed by atoms with E-state index in [4.69, 9.17) is 0 Å². The summed E-state index contributed by atoms with van der Waals surface area (Å²) >= 11 is 0. The van der Waals surface area contributed by atoms with Crippen molar-refractivity contribution in [2.45, 2.75) is 131 Å². The van der Waals surface area contributed by atoms with Crippen molar-refractivity contribution in [2.75, 3.05) is 6.61 Å². The van der Waals surface area contributed by atoms with Crippen LogP contribution in [0.1, 0.15) is 119 Å². The molecule has 0 aromatic carbocycles. The van der Waals surface area contributed by atoms with Gasteiger partial charge in [0, 0.05) is 6.61 Å². The number of aliphatic hydroxyl groups is 3. The minimum Gasteiger partial charge on any atom is -0.396 e. The molecule has 0 bridgehead atoms. The van der Waals surface area contributed by atoms with Crippen LogP contribution in [-0.4, -0.2) is 34.1 Å². The Morgan fingerprint density at radius 3 is 2.09 bits per heavy atom. The molecular weight excluding hydrogens is 420 g/mol. The summed E-state index contributed by atoms with van der Waals surface area (Å²) in [6.45, 7) is 17.5. The van der Waals surface area contributed by atoms with E-state index in [0.717, 1.165) is 25.7 Å². The summed E-state index contributed by atoms with van der Waals surface area (Å²) in [6.07, 6.45) is 11.9. The highest BCUT2D eigenvalue weighted by Crippen LogP contribution is 2.77. The third-order valence-electron chi connectivity index (χ3n) is 14.0. The van der Waals surface area contributed by atoms with Crippen LogP contribution < -0.4 is 0 Å². The van der Waals surface area contributed by atoms with Gasteiger partial charge in [-0.15, -0.1) is 0 Å². The molecule has 5 fully saturated rings. The summed E-state index contributed by atoms with van der Waals surface area (Å²) in [4.78, 5) is 0. The zero-order chi connectivity index (χ0) is 24.9. The Hall–Kier alpha value is -0.120. The van der Waals surface area contributed by atoms with Crippen molar-refractivity contribution in [3.8, 4) is 0 Å². The molecule has 3 N–H and O–H groups in total. The van der Waals surface area contributed by atoms with E-state index < -0.39 is 0 Å². The van der Waals surface area contributed by atoms with Crippen molar-refractivity contribution in [3.63, 3.8) is 0 Å². The number of hydrogen-bond donors (Lipinski definition) is 3. The van der Waals surface area contributed by atoms with Gasteiger partial charge < -0.3 is 15.3 Å². The fourth-order valence-electron chi connectivity index (χ4n) is 11.8. The molecule has 34 heavy (non-hydrogen) atoms. The second-order valence-electron chi connectivity index (χ2n) is 16.0. The monoisotopic (exact) mass is 474 g/mol. The summed E-state index contributed by atoms with van der Waals surface area (Å²) in [6, 6.07) is 0. The Kier molecular flexibility index (Phi) is 5.78. The van der Waals surface area contributed by atoms with Crippen LogP contribution in [0.3, 0.4) is 0 Å². The minimum atomic E-state index is -0.245. The smallest absolute Gasteiger partial charge is 0.0594 e. The predicted octanol–water partition coefficient (Wildman–Crippen LogP) is 6.58. The summed E-state index contributed by atoms with van der Waals surface area (Å²) in [5.41, 5.74) is 1.06. The van der Waals surface area contributed by atoms with Gasteiger partial charge >= 0.3 is 0 Å². The maximum absolute atomic E-state index is 12.1. The SMILES string of the molecule is CC1(C)CC[C@]2(CCO)CC[C@]3(C)[C@H]([C@H](O)C[C@@H]4[C@@]5(C)CC[C@H](O)C(C)(C)[C@@H]5CC[C@]43C)[C@@H]2C1. The lowest BCUT2D eigenvalue weighted by atomic mass is 9.31. The van der Waals surface area contributed by atoms with Crippen LogP contribution in [0.25, 0.3) is 0 Å². The molecule has 0 unspecified atom stereocenters. The van der Waals surface area contributed by atoms with Gasteiger partial charge in [0.1, 0.15) is 0 Å². The van der Waals surface area contributed by atoms with Gasteiger partial charge in [0.25, 0.3) is 0 Å². The van der Waals surface area contributed by atoms with Crippen molar-refractivity contribution in [2.24, 2.45) is 56.2 Å². The lowest BCUT2D eigenvalue weighted by molar-refractivity contribution is -0.280. The average Bonchev–Trinajstić information content (AvgIpc) is 2.74. The molecule has 0 saturated heterocycles. The zero-order valence-corrected chi connectivity index (χ0v) is 23.3. The van der Waals surface area contributed by atoms with Gasteiger partial charge in [-0.25, -0.2) is 0 Å². The Labute approximate surface area is 209 Å². The second-order valence-corrected chi connectivity index (χ2v) is 16.0. The number of fused-ring (bicyclic) bond motifs is 7. The summed E-state index contributed by atoms with van der Waals surface area (Å²) < 4.78 is 0. The molecule has 5 saturated carbocycles. The quantitative estimate of drug-likeness (QED) is 0.423. The third kappa shape index (κ3) is 3.17. The number of aliphatic hydroxyl groups excluding tert-OH is 3. The van der Waals surface area contributed by atoms with E-state index in [-0.39, 0.29) is 45.9 Å². The molecule has 5 aliphatic carbocycles. The van der Waals surface area contributed by atoms with Crippen LogP contribution >= 0.6 is 0 Å². The molecule has 0 aromatic rings. The molecule has 0 aliphatic heterocycles. The van der Waals surface area contributed by atoms with E-state index in [0.29, 0.717) is 29.1 Å². The predicted molar refractivity (Wildman–Crippen MR) is 138 cm³/mol. The summed E-state index contributed by atoms with van der Waals surface area (Å²) in [7, 11) is 0. The van der Waals surface area contributed by atoms with Crippen LogP contribution in [0.4, 0.5) is 0 Å². The molecule has 3 nitrogen and oxygen atoms in total. The van der Waals surface area contributed by atoms with Crippen LogP contribution in [0, 0.1) is 56.2 Å². The van der Waals surface area contributed by atoms with E-state index in [2.05, 4.69) is 48.5 Å². The van der Waals surface area contributed by atoms with Gasteiger partial charge in [-0.2, -0.15) is 0 Å². The zero-order valence-electron chi connectivity index (χ0n) is 23.3. The summed E-state index contributed by atoms with van der Waals surface area (Å²) in [5.74, 6) is 1.91. The van der Waals surface area contributed by atoms with E-state index in [1.807, 2.05) is 0 Å². The van der Waals surface area contributed by atoms with Gasteiger partial charge in [-0.05, 0) is 127 Å². The lowest BCUT2D eigenvalue weighted by Crippen LogP contribution is -2.70. The largest absolute Gasteiger partial charge is 0.396 e. The van der Waals surface area contributed by atoms with Gasteiger partial charge in [-0.3, -0.25) is 0 Å². The fraction of sp³-hybridized carbons (Fsp3) is 1.00. The molecule has 196 valence electrons. The molecule has 10 atom stereocenters. The van der Waals surface area contributed by atoms with E-state index in [1.165, 1.54) is 44.9 Å². The molecule has 0 radical (unpaired) electrons. The number of rotatable bonds is 2. The van der Waals surface area contributed by atoms with Gasteiger partial charge in [-0.1, -0.05) is 48.5 Å². The third-order valence-corrected chi connectivity index (χ3v) is 14.0. The van der Waals surface area contributed by atoms with Gasteiger partial charge in [0.15, 0.2) is 0 Å². The Morgan fingerprint density at radius 2 is 1.41 bits per heavy atom. The molecule has 0 spiro atoms. The van der Waals surface area contributed by atoms with Crippen molar-refractivity contribution in [1.29, 1.82) is 0 Å². The van der Waals surface area contributed by atoms with Gasteiger partial charge in [0.2, 0.25) is 0 Å². The summed E-state index contributed by atoms with van der Waals surface area (Å²) in [5, 5.41) is 33.1. The van der Waals surface area contributed by atoms with Crippen LogP contribution in [0.15, 0.2) is 0 Å². The average molecular weight is 475 g/mol. The topological polar surface area (TPSA) is 60.7 Å². The van der Waals surface area contributed by atoms with Crippen molar-refractivity contribution in [3.05, 3.63) is 0 Å². The van der Waals surface area contributed by atoms with Crippen molar-refractivity contribution < 1.29 is 15.3 Å². The molecule has 0 aromatic heterocycles. The molecule has 5 aliphatic rings. The maximum Gasteiger partial charge on any atom is 0.0594 e. The lowest BCUT2D eigenvalue weighted by Gasteiger charge is -2.74. The minimum absolute atomic E-state index is 0.0483. The van der Waals surface area contributed by atoms with Crippen molar-refractivity contribution >= 4 is 0 Å².